The predicted octanol–water partition coefficient (Wildman–Crippen LogP) is 5.52. The van der Waals surface area contributed by atoms with Crippen LogP contribution in [0.5, 0.6) is 0 Å². The number of oxazole rings is 2. The summed E-state index contributed by atoms with van der Waals surface area (Å²) in [6.07, 6.45) is 0. The van der Waals surface area contributed by atoms with Gasteiger partial charge in [0, 0.05) is 0 Å². The average Bonchev–Trinajstić information content (AvgIpc) is 3.49. The molecule has 0 aliphatic rings. The van der Waals surface area contributed by atoms with Gasteiger partial charge in [-0.15, -0.1) is 0 Å². The minimum Gasteiger partial charge on any atom is -0.423 e. The number of hydrogen-bond donors (Lipinski definition) is 2. The van der Waals surface area contributed by atoms with E-state index in [2.05, 4.69) is 19.4 Å². The molecule has 0 atom stereocenters. The topological polar surface area (TPSA) is 144 Å². The van der Waals surface area contributed by atoms with Gasteiger partial charge in [0.15, 0.2) is 11.2 Å². The molecule has 0 saturated heterocycles. The molecular weight excluding hydrogens is 566 g/mol. The van der Waals surface area contributed by atoms with E-state index < -0.39 is 31.7 Å². The highest BCUT2D eigenvalue weighted by Gasteiger charge is 2.20. The Balaban J connectivity index is 1.26. The highest BCUT2D eigenvalue weighted by atomic mass is 32.2. The number of sulfonamides is 2. The third-order valence-electron chi connectivity index (χ3n) is 5.77. The van der Waals surface area contributed by atoms with Crippen LogP contribution in [0.1, 0.15) is 0 Å². The Morgan fingerprint density at radius 3 is 1.40 bits per heavy atom. The number of nitrogens with one attached hydrogen (secondary N) is 2. The highest BCUT2D eigenvalue weighted by Crippen LogP contribution is 2.31. The Morgan fingerprint density at radius 1 is 0.575 bits per heavy atom. The zero-order valence-corrected chi connectivity index (χ0v) is 21.6. The number of benzene rings is 4. The van der Waals surface area contributed by atoms with Crippen molar-refractivity contribution >= 4 is 54.3 Å². The largest absolute Gasteiger partial charge is 0.423 e. The van der Waals surface area contributed by atoms with Crippen molar-refractivity contribution in [2.45, 2.75) is 9.79 Å². The Labute approximate surface area is 225 Å². The van der Waals surface area contributed by atoms with Gasteiger partial charge in [0.05, 0.1) is 9.79 Å². The SMILES string of the molecule is O=S(=O)(Nc1nc2ccc(-c3ccc4nc(NS(=O)(=O)c5cccc(F)c5)oc4c3)cc2o1)c1cccc(F)c1. The van der Waals surface area contributed by atoms with Gasteiger partial charge in [-0.2, -0.15) is 9.97 Å². The zero-order chi connectivity index (χ0) is 28.1. The van der Waals surface area contributed by atoms with Crippen LogP contribution in [-0.2, 0) is 20.0 Å². The van der Waals surface area contributed by atoms with Crippen LogP contribution in [-0.4, -0.2) is 26.8 Å². The molecular formula is C26H16F2N4O6S2. The van der Waals surface area contributed by atoms with Crippen LogP contribution in [0, 0.1) is 11.6 Å². The Morgan fingerprint density at radius 2 is 1.00 bits per heavy atom. The molecule has 0 spiro atoms. The molecule has 0 aliphatic heterocycles. The van der Waals surface area contributed by atoms with Crippen LogP contribution in [0.25, 0.3) is 33.3 Å². The molecule has 4 aromatic carbocycles. The normalized spacial score (nSPS) is 12.2. The van der Waals surface area contributed by atoms with Gasteiger partial charge in [0.25, 0.3) is 20.0 Å². The molecule has 0 amide bonds. The van der Waals surface area contributed by atoms with Gasteiger partial charge in [0.1, 0.15) is 22.7 Å². The van der Waals surface area contributed by atoms with E-state index in [0.29, 0.717) is 22.2 Å². The average molecular weight is 583 g/mol. The fraction of sp³-hybridized carbons (Fsp3) is 0. The van der Waals surface area contributed by atoms with Crippen LogP contribution in [0.4, 0.5) is 20.8 Å². The second-order valence-corrected chi connectivity index (χ2v) is 11.9. The fourth-order valence-electron chi connectivity index (χ4n) is 3.91. The van der Waals surface area contributed by atoms with Gasteiger partial charge < -0.3 is 8.83 Å². The number of fused-ring (bicyclic) bond motifs is 2. The molecule has 0 unspecified atom stereocenters. The smallest absolute Gasteiger partial charge is 0.309 e. The lowest BCUT2D eigenvalue weighted by molar-refractivity contribution is 0.585. The summed E-state index contributed by atoms with van der Waals surface area (Å²) < 4.78 is 92.8. The number of aromatic nitrogens is 2. The highest BCUT2D eigenvalue weighted by molar-refractivity contribution is 7.93. The van der Waals surface area contributed by atoms with Crippen molar-refractivity contribution in [3.05, 3.63) is 96.6 Å². The summed E-state index contributed by atoms with van der Waals surface area (Å²) >= 11 is 0. The number of hydrogen-bond acceptors (Lipinski definition) is 8. The number of anilines is 2. The summed E-state index contributed by atoms with van der Waals surface area (Å²) in [5, 5.41) is 0. The van der Waals surface area contributed by atoms with Crippen LogP contribution >= 0.6 is 0 Å². The molecule has 202 valence electrons. The van der Waals surface area contributed by atoms with Crippen LogP contribution in [0.15, 0.2) is 104 Å². The molecule has 2 N–H and O–H groups in total. The second kappa shape index (κ2) is 9.43. The maximum Gasteiger partial charge on any atom is 0.309 e. The van der Waals surface area contributed by atoms with E-state index in [4.69, 9.17) is 8.83 Å². The first-order valence-electron chi connectivity index (χ1n) is 11.4. The van der Waals surface area contributed by atoms with Gasteiger partial charge in [-0.25, -0.2) is 35.1 Å². The van der Waals surface area contributed by atoms with Crippen molar-refractivity contribution in [3.8, 4) is 11.1 Å². The number of halogens is 2. The molecule has 0 saturated carbocycles. The van der Waals surface area contributed by atoms with Crippen LogP contribution in [0.3, 0.4) is 0 Å². The molecule has 10 nitrogen and oxygen atoms in total. The monoisotopic (exact) mass is 582 g/mol. The number of rotatable bonds is 7. The minimum atomic E-state index is -4.13. The van der Waals surface area contributed by atoms with Gasteiger partial charge >= 0.3 is 12.0 Å². The Hall–Kier alpha value is -4.82. The molecule has 0 fully saturated rings. The quantitative estimate of drug-likeness (QED) is 0.251. The molecule has 0 radical (unpaired) electrons. The van der Waals surface area contributed by atoms with Crippen molar-refractivity contribution in [1.82, 2.24) is 9.97 Å². The minimum absolute atomic E-state index is 0.274. The lowest BCUT2D eigenvalue weighted by Crippen LogP contribution is -2.13. The molecule has 14 heteroatoms. The zero-order valence-electron chi connectivity index (χ0n) is 20.0. The molecule has 0 bridgehead atoms. The van der Waals surface area contributed by atoms with Crippen molar-refractivity contribution in [2.75, 3.05) is 9.44 Å². The van der Waals surface area contributed by atoms with E-state index in [1.54, 1.807) is 36.4 Å². The van der Waals surface area contributed by atoms with Crippen molar-refractivity contribution in [2.24, 2.45) is 0 Å². The maximum absolute atomic E-state index is 13.5. The summed E-state index contributed by atoms with van der Waals surface area (Å²) in [6, 6.07) is 18.4. The fourth-order valence-corrected chi connectivity index (χ4v) is 5.83. The van der Waals surface area contributed by atoms with Gasteiger partial charge in [-0.3, -0.25) is 0 Å². The number of nitrogens with zero attached hydrogens (tertiary/aromatic N) is 2. The first-order chi connectivity index (χ1) is 19.1. The van der Waals surface area contributed by atoms with E-state index in [0.717, 1.165) is 24.3 Å². The van der Waals surface area contributed by atoms with Gasteiger partial charge in [-0.1, -0.05) is 24.3 Å². The molecule has 6 rings (SSSR count). The summed E-state index contributed by atoms with van der Waals surface area (Å²) in [4.78, 5) is 7.69. The molecule has 6 aromatic rings. The predicted molar refractivity (Wildman–Crippen MR) is 141 cm³/mol. The van der Waals surface area contributed by atoms with Crippen LogP contribution < -0.4 is 9.44 Å². The van der Waals surface area contributed by atoms with Crippen molar-refractivity contribution < 1.29 is 34.5 Å². The maximum atomic E-state index is 13.5. The van der Waals surface area contributed by atoms with Crippen molar-refractivity contribution in [3.63, 3.8) is 0 Å². The first-order valence-corrected chi connectivity index (χ1v) is 14.4. The first kappa shape index (κ1) is 25.5. The second-order valence-electron chi connectivity index (χ2n) is 8.53. The van der Waals surface area contributed by atoms with Crippen LogP contribution in [0.2, 0.25) is 0 Å². The van der Waals surface area contributed by atoms with E-state index >= 15 is 0 Å². The lowest BCUT2D eigenvalue weighted by Gasteiger charge is -2.04. The standard InChI is InChI=1S/C26H16F2N4O6S2/c27-17-3-1-5-19(13-17)39(33,34)31-25-29-21-9-7-15(11-23(21)37-25)16-8-10-22-24(12-16)38-26(30-22)32-40(35,36)20-6-2-4-18(28)14-20/h1-14H,(H,29,31)(H,30,32). The summed E-state index contributed by atoms with van der Waals surface area (Å²) in [5.74, 6) is -1.41. The Kier molecular flexibility index (Phi) is 6.00. The third-order valence-corrected chi connectivity index (χ3v) is 8.40. The van der Waals surface area contributed by atoms with E-state index in [-0.39, 0.29) is 33.0 Å². The summed E-state index contributed by atoms with van der Waals surface area (Å²) in [5.41, 5.74) is 2.60. The molecule has 2 heterocycles. The van der Waals surface area contributed by atoms with Crippen molar-refractivity contribution in [1.29, 1.82) is 0 Å². The van der Waals surface area contributed by atoms with E-state index in [1.807, 2.05) is 0 Å². The van der Waals surface area contributed by atoms with E-state index in [1.165, 1.54) is 24.3 Å². The molecule has 40 heavy (non-hydrogen) atoms. The molecule has 0 aliphatic carbocycles. The Bertz CT molecular complexity index is 1990. The summed E-state index contributed by atoms with van der Waals surface area (Å²) in [6.45, 7) is 0. The lowest BCUT2D eigenvalue weighted by atomic mass is 10.1. The van der Waals surface area contributed by atoms with Gasteiger partial charge in [-0.05, 0) is 71.8 Å². The van der Waals surface area contributed by atoms with Gasteiger partial charge in [0.2, 0.25) is 0 Å². The molecule has 2 aromatic heterocycles. The van der Waals surface area contributed by atoms with E-state index in [9.17, 15) is 25.6 Å². The summed E-state index contributed by atoms with van der Waals surface area (Å²) in [7, 11) is -8.27. The third kappa shape index (κ3) is 4.97.